The number of fused-ring (bicyclic) bond motifs is 1. The van der Waals surface area contributed by atoms with Crippen molar-refractivity contribution in [3.05, 3.63) is 65.7 Å². The Hall–Kier alpha value is -2.29. The van der Waals surface area contributed by atoms with Crippen LogP contribution in [0.4, 0.5) is 0 Å². The molecule has 1 unspecified atom stereocenters. The van der Waals surface area contributed by atoms with E-state index in [1.165, 1.54) is 5.56 Å². The van der Waals surface area contributed by atoms with Crippen LogP contribution in [0.25, 0.3) is 0 Å². The van der Waals surface area contributed by atoms with Crippen molar-refractivity contribution in [2.45, 2.75) is 25.7 Å². The molecule has 1 amide bonds. The molecule has 130 valence electrons. The number of para-hydroxylation sites is 1. The third-order valence-electron chi connectivity index (χ3n) is 5.52. The summed E-state index contributed by atoms with van der Waals surface area (Å²) >= 11 is 0. The zero-order valence-electron chi connectivity index (χ0n) is 14.6. The molecule has 0 N–H and O–H groups in total. The summed E-state index contributed by atoms with van der Waals surface area (Å²) in [6.07, 6.45) is 4.14. The van der Waals surface area contributed by atoms with Crippen molar-refractivity contribution in [2.24, 2.45) is 11.8 Å². The number of rotatable bonds is 3. The molecule has 2 heterocycles. The Bertz CT molecular complexity index is 720. The lowest BCUT2D eigenvalue weighted by Crippen LogP contribution is -2.45. The summed E-state index contributed by atoms with van der Waals surface area (Å²) in [4.78, 5) is 14.9. The van der Waals surface area contributed by atoms with E-state index in [4.69, 9.17) is 4.74 Å². The highest BCUT2D eigenvalue weighted by atomic mass is 16.5. The fourth-order valence-corrected chi connectivity index (χ4v) is 4.05. The zero-order chi connectivity index (χ0) is 17.1. The molecular formula is C22H25NO2. The number of benzene rings is 2. The van der Waals surface area contributed by atoms with E-state index in [2.05, 4.69) is 41.3 Å². The normalized spacial score (nSPS) is 20.6. The van der Waals surface area contributed by atoms with E-state index in [0.717, 1.165) is 50.1 Å². The van der Waals surface area contributed by atoms with Crippen molar-refractivity contribution in [1.29, 1.82) is 0 Å². The van der Waals surface area contributed by atoms with Gasteiger partial charge in [0.25, 0.3) is 0 Å². The smallest absolute Gasteiger partial charge is 0.229 e. The van der Waals surface area contributed by atoms with E-state index >= 15 is 0 Å². The summed E-state index contributed by atoms with van der Waals surface area (Å²) in [6.45, 7) is 2.28. The number of nitrogens with zero attached hydrogens (tertiary/aromatic N) is 1. The van der Waals surface area contributed by atoms with Crippen LogP contribution in [0.3, 0.4) is 0 Å². The maximum absolute atomic E-state index is 12.9. The van der Waals surface area contributed by atoms with Crippen LogP contribution in [0.1, 0.15) is 24.0 Å². The molecular weight excluding hydrogens is 310 g/mol. The van der Waals surface area contributed by atoms with Crippen molar-refractivity contribution in [3.63, 3.8) is 0 Å². The molecule has 0 aromatic heterocycles. The van der Waals surface area contributed by atoms with Crippen molar-refractivity contribution >= 4 is 5.91 Å². The van der Waals surface area contributed by atoms with Crippen molar-refractivity contribution in [2.75, 3.05) is 19.7 Å². The quantitative estimate of drug-likeness (QED) is 0.855. The number of likely N-dealkylation sites (tertiary alicyclic amines) is 1. The minimum atomic E-state index is -0.0272. The minimum absolute atomic E-state index is 0.0272. The molecule has 1 saturated heterocycles. The molecule has 2 aliphatic rings. The molecule has 3 heteroatoms. The molecule has 0 radical (unpaired) electrons. The molecule has 0 aliphatic carbocycles. The number of hydrogen-bond donors (Lipinski definition) is 0. The number of hydrogen-bond acceptors (Lipinski definition) is 2. The highest BCUT2D eigenvalue weighted by Gasteiger charge is 2.31. The van der Waals surface area contributed by atoms with Gasteiger partial charge in [-0.3, -0.25) is 4.79 Å². The molecule has 1 fully saturated rings. The average molecular weight is 335 g/mol. The lowest BCUT2D eigenvalue weighted by atomic mass is 9.89. The van der Waals surface area contributed by atoms with Crippen molar-refractivity contribution < 1.29 is 9.53 Å². The van der Waals surface area contributed by atoms with Crippen molar-refractivity contribution in [1.82, 2.24) is 4.90 Å². The summed E-state index contributed by atoms with van der Waals surface area (Å²) in [6, 6.07) is 18.7. The first-order chi connectivity index (χ1) is 12.3. The number of ether oxygens (including phenoxy) is 1. The first-order valence-corrected chi connectivity index (χ1v) is 9.33. The summed E-state index contributed by atoms with van der Waals surface area (Å²) in [7, 11) is 0. The van der Waals surface area contributed by atoms with Gasteiger partial charge in [-0.1, -0.05) is 48.5 Å². The SMILES string of the molecule is O=C(C1COc2ccccc2C1)N1CCC(Cc2ccccc2)CC1. The first kappa shape index (κ1) is 16.2. The second-order valence-corrected chi connectivity index (χ2v) is 7.28. The van der Waals surface area contributed by atoms with Gasteiger partial charge < -0.3 is 9.64 Å². The number of piperidine rings is 1. The first-order valence-electron chi connectivity index (χ1n) is 9.33. The fourth-order valence-electron chi connectivity index (χ4n) is 4.05. The van der Waals surface area contributed by atoms with Gasteiger partial charge in [0.1, 0.15) is 12.4 Å². The predicted molar refractivity (Wildman–Crippen MR) is 98.6 cm³/mol. The number of carbonyl (C=O) groups is 1. The second kappa shape index (κ2) is 7.30. The van der Waals surface area contributed by atoms with Crippen LogP contribution in [0.15, 0.2) is 54.6 Å². The largest absolute Gasteiger partial charge is 0.492 e. The molecule has 2 aromatic carbocycles. The van der Waals surface area contributed by atoms with Crippen LogP contribution in [-0.4, -0.2) is 30.5 Å². The molecule has 2 aliphatic heterocycles. The fraction of sp³-hybridized carbons (Fsp3) is 0.409. The predicted octanol–water partition coefficient (Wildman–Crippen LogP) is 3.72. The molecule has 0 bridgehead atoms. The highest BCUT2D eigenvalue weighted by molar-refractivity contribution is 5.80. The summed E-state index contributed by atoms with van der Waals surface area (Å²) in [5.74, 6) is 1.87. The summed E-state index contributed by atoms with van der Waals surface area (Å²) in [5.41, 5.74) is 2.57. The standard InChI is InChI=1S/C22H25NO2/c24-22(20-15-19-8-4-5-9-21(19)25-16-20)23-12-10-18(11-13-23)14-17-6-2-1-3-7-17/h1-9,18,20H,10-16H2. The Labute approximate surface area is 149 Å². The Kier molecular flexibility index (Phi) is 4.73. The minimum Gasteiger partial charge on any atom is -0.492 e. The Morgan fingerprint density at radius 2 is 1.72 bits per heavy atom. The van der Waals surface area contributed by atoms with E-state index in [1.807, 2.05) is 18.2 Å². The van der Waals surface area contributed by atoms with Gasteiger partial charge in [-0.15, -0.1) is 0 Å². The molecule has 3 nitrogen and oxygen atoms in total. The second-order valence-electron chi connectivity index (χ2n) is 7.28. The van der Waals surface area contributed by atoms with E-state index in [-0.39, 0.29) is 11.8 Å². The molecule has 0 saturated carbocycles. The highest BCUT2D eigenvalue weighted by Crippen LogP contribution is 2.29. The molecule has 1 atom stereocenters. The van der Waals surface area contributed by atoms with Gasteiger partial charge in [0, 0.05) is 13.1 Å². The molecule has 0 spiro atoms. The van der Waals surface area contributed by atoms with E-state index in [0.29, 0.717) is 12.5 Å². The monoisotopic (exact) mass is 335 g/mol. The Morgan fingerprint density at radius 3 is 2.52 bits per heavy atom. The average Bonchev–Trinajstić information content (AvgIpc) is 2.68. The lowest BCUT2D eigenvalue weighted by molar-refractivity contribution is -0.138. The maximum atomic E-state index is 12.9. The van der Waals surface area contributed by atoms with Gasteiger partial charge in [0.15, 0.2) is 0 Å². The van der Waals surface area contributed by atoms with E-state index in [1.54, 1.807) is 0 Å². The van der Waals surface area contributed by atoms with Gasteiger partial charge in [0.05, 0.1) is 5.92 Å². The van der Waals surface area contributed by atoms with Gasteiger partial charge in [-0.2, -0.15) is 0 Å². The Morgan fingerprint density at radius 1 is 1.00 bits per heavy atom. The van der Waals surface area contributed by atoms with Crippen LogP contribution in [0.2, 0.25) is 0 Å². The number of amides is 1. The van der Waals surface area contributed by atoms with Crippen LogP contribution in [0, 0.1) is 11.8 Å². The molecule has 4 rings (SSSR count). The van der Waals surface area contributed by atoms with Crippen LogP contribution in [0.5, 0.6) is 5.75 Å². The molecule has 2 aromatic rings. The van der Waals surface area contributed by atoms with Gasteiger partial charge in [0.2, 0.25) is 5.91 Å². The molecule has 25 heavy (non-hydrogen) atoms. The van der Waals surface area contributed by atoms with E-state index < -0.39 is 0 Å². The third kappa shape index (κ3) is 3.71. The zero-order valence-corrected chi connectivity index (χ0v) is 14.6. The summed E-state index contributed by atoms with van der Waals surface area (Å²) in [5, 5.41) is 0. The lowest BCUT2D eigenvalue weighted by Gasteiger charge is -2.35. The van der Waals surface area contributed by atoms with Gasteiger partial charge in [-0.05, 0) is 48.8 Å². The topological polar surface area (TPSA) is 29.5 Å². The van der Waals surface area contributed by atoms with Gasteiger partial charge >= 0.3 is 0 Å². The van der Waals surface area contributed by atoms with Crippen LogP contribution >= 0.6 is 0 Å². The van der Waals surface area contributed by atoms with E-state index in [9.17, 15) is 4.79 Å². The van der Waals surface area contributed by atoms with Crippen LogP contribution < -0.4 is 4.74 Å². The Balaban J connectivity index is 1.31. The van der Waals surface area contributed by atoms with Crippen LogP contribution in [-0.2, 0) is 17.6 Å². The van der Waals surface area contributed by atoms with Gasteiger partial charge in [-0.25, -0.2) is 0 Å². The maximum Gasteiger partial charge on any atom is 0.229 e. The van der Waals surface area contributed by atoms with Crippen molar-refractivity contribution in [3.8, 4) is 5.75 Å². The third-order valence-corrected chi connectivity index (χ3v) is 5.52. The number of carbonyl (C=O) groups excluding carboxylic acids is 1. The summed E-state index contributed by atoms with van der Waals surface area (Å²) < 4.78 is 5.80.